The first-order valence-corrected chi connectivity index (χ1v) is 10.1. The van der Waals surface area contributed by atoms with E-state index in [0.717, 1.165) is 16.9 Å². The number of nitrogens with zero attached hydrogens (tertiary/aromatic N) is 3. The summed E-state index contributed by atoms with van der Waals surface area (Å²) < 4.78 is 16.1. The molecule has 7 nitrogen and oxygen atoms in total. The number of ether oxygens (including phenoxy) is 3. The molecule has 0 spiro atoms. The minimum absolute atomic E-state index is 0.0109. The van der Waals surface area contributed by atoms with E-state index in [2.05, 4.69) is 10.2 Å². The highest BCUT2D eigenvalue weighted by Gasteiger charge is 2.28. The molecule has 2 aromatic rings. The highest BCUT2D eigenvalue weighted by atomic mass is 32.2. The molecule has 1 heterocycles. The number of rotatable bonds is 8. The third-order valence-electron chi connectivity index (χ3n) is 4.21. The first-order chi connectivity index (χ1) is 14.2. The number of methoxy groups -OCH3 is 2. The molecule has 0 aliphatic carbocycles. The Balaban J connectivity index is 1.74. The molecule has 0 saturated carbocycles. The van der Waals surface area contributed by atoms with Crippen LogP contribution in [0.15, 0.2) is 52.7 Å². The second-order valence-corrected chi connectivity index (χ2v) is 7.00. The van der Waals surface area contributed by atoms with Crippen LogP contribution in [-0.4, -0.2) is 48.8 Å². The van der Waals surface area contributed by atoms with Gasteiger partial charge in [-0.25, -0.2) is 0 Å². The van der Waals surface area contributed by atoms with E-state index in [4.69, 9.17) is 14.2 Å². The monoisotopic (exact) mass is 413 g/mol. The lowest BCUT2D eigenvalue weighted by molar-refractivity contribution is -0.124. The van der Waals surface area contributed by atoms with E-state index in [9.17, 15) is 4.79 Å². The largest absolute Gasteiger partial charge is 0.494 e. The SMILES string of the molecule is CCOc1ccc(CN2C(=O)CS/C2=N\N=C/c2cccc(OC)c2OC)cc1. The Bertz CT molecular complexity index is 913. The number of benzene rings is 2. The van der Waals surface area contributed by atoms with Gasteiger partial charge in [-0.3, -0.25) is 9.69 Å². The fraction of sp³-hybridized carbons (Fsp3) is 0.286. The normalized spacial score (nSPS) is 15.3. The fourth-order valence-corrected chi connectivity index (χ4v) is 3.66. The van der Waals surface area contributed by atoms with Gasteiger partial charge in [0.1, 0.15) is 5.75 Å². The Labute approximate surface area is 174 Å². The molecule has 0 radical (unpaired) electrons. The molecule has 1 amide bonds. The zero-order valence-corrected chi connectivity index (χ0v) is 17.4. The third kappa shape index (κ3) is 5.08. The summed E-state index contributed by atoms with van der Waals surface area (Å²) in [5.41, 5.74) is 1.74. The summed E-state index contributed by atoms with van der Waals surface area (Å²) in [5, 5.41) is 8.99. The average molecular weight is 413 g/mol. The van der Waals surface area contributed by atoms with Crippen molar-refractivity contribution >= 4 is 29.1 Å². The number of carbonyl (C=O) groups is 1. The number of hydrogen-bond acceptors (Lipinski definition) is 7. The van der Waals surface area contributed by atoms with Crippen molar-refractivity contribution in [2.75, 3.05) is 26.6 Å². The van der Waals surface area contributed by atoms with Crippen LogP contribution in [-0.2, 0) is 11.3 Å². The second-order valence-electron chi connectivity index (χ2n) is 6.06. The molecular formula is C21H23N3O4S. The van der Waals surface area contributed by atoms with Crippen LogP contribution in [0.5, 0.6) is 17.2 Å². The zero-order valence-electron chi connectivity index (χ0n) is 16.6. The first-order valence-electron chi connectivity index (χ1n) is 9.13. The summed E-state index contributed by atoms with van der Waals surface area (Å²) >= 11 is 1.37. The molecule has 0 aromatic heterocycles. The van der Waals surface area contributed by atoms with Gasteiger partial charge in [0.2, 0.25) is 5.91 Å². The van der Waals surface area contributed by atoms with Gasteiger partial charge in [-0.15, -0.1) is 5.10 Å². The minimum Gasteiger partial charge on any atom is -0.494 e. The summed E-state index contributed by atoms with van der Waals surface area (Å²) in [6, 6.07) is 13.2. The smallest absolute Gasteiger partial charge is 0.239 e. The van der Waals surface area contributed by atoms with Crippen molar-refractivity contribution in [3.63, 3.8) is 0 Å². The number of amides is 1. The van der Waals surface area contributed by atoms with Gasteiger partial charge < -0.3 is 14.2 Å². The van der Waals surface area contributed by atoms with Crippen molar-refractivity contribution in [1.29, 1.82) is 0 Å². The lowest BCUT2D eigenvalue weighted by Gasteiger charge is -2.15. The van der Waals surface area contributed by atoms with Crippen LogP contribution in [0.4, 0.5) is 0 Å². The van der Waals surface area contributed by atoms with E-state index in [1.54, 1.807) is 25.3 Å². The van der Waals surface area contributed by atoms with E-state index in [0.29, 0.717) is 35.6 Å². The topological polar surface area (TPSA) is 72.7 Å². The summed E-state index contributed by atoms with van der Waals surface area (Å²) in [5.74, 6) is 2.38. The molecule has 0 bridgehead atoms. The predicted molar refractivity (Wildman–Crippen MR) is 115 cm³/mol. The third-order valence-corrected chi connectivity index (χ3v) is 5.16. The molecule has 0 unspecified atom stereocenters. The maximum Gasteiger partial charge on any atom is 0.239 e. The Hall–Kier alpha value is -3.00. The van der Waals surface area contributed by atoms with Gasteiger partial charge in [-0.1, -0.05) is 30.0 Å². The number of carbonyl (C=O) groups excluding carboxylic acids is 1. The standard InChI is InChI=1S/C21H23N3O4S/c1-4-28-17-10-8-15(9-11-17)13-24-19(25)14-29-21(24)23-22-12-16-6-5-7-18(26-2)20(16)27-3/h5-12H,4,13-14H2,1-3H3/b22-12-,23-21-. The van der Waals surface area contributed by atoms with Crippen molar-refractivity contribution in [3.05, 3.63) is 53.6 Å². The molecule has 2 aromatic carbocycles. The number of para-hydroxylation sites is 1. The van der Waals surface area contributed by atoms with Gasteiger partial charge >= 0.3 is 0 Å². The van der Waals surface area contributed by atoms with Gasteiger partial charge in [0.15, 0.2) is 16.7 Å². The van der Waals surface area contributed by atoms with Crippen LogP contribution in [0.1, 0.15) is 18.1 Å². The molecule has 152 valence electrons. The predicted octanol–water partition coefficient (Wildman–Crippen LogP) is 3.57. The molecular weight excluding hydrogens is 390 g/mol. The van der Waals surface area contributed by atoms with Gasteiger partial charge in [0.25, 0.3) is 0 Å². The van der Waals surface area contributed by atoms with Crippen LogP contribution in [0.25, 0.3) is 0 Å². The van der Waals surface area contributed by atoms with Gasteiger partial charge in [-0.2, -0.15) is 5.10 Å². The summed E-state index contributed by atoms with van der Waals surface area (Å²) in [6.45, 7) is 3.00. The quantitative estimate of drug-likeness (QED) is 0.489. The van der Waals surface area contributed by atoms with E-state index in [-0.39, 0.29) is 5.91 Å². The zero-order chi connectivity index (χ0) is 20.6. The average Bonchev–Trinajstić information content (AvgIpc) is 3.08. The molecule has 8 heteroatoms. The lowest BCUT2D eigenvalue weighted by atomic mass is 10.2. The lowest BCUT2D eigenvalue weighted by Crippen LogP contribution is -2.28. The minimum atomic E-state index is 0.0109. The number of amidine groups is 1. The number of thioether (sulfide) groups is 1. The molecule has 0 atom stereocenters. The van der Waals surface area contributed by atoms with Gasteiger partial charge in [0, 0.05) is 5.56 Å². The Morgan fingerprint density at radius 1 is 1.14 bits per heavy atom. The molecule has 1 fully saturated rings. The molecule has 3 rings (SSSR count). The van der Waals surface area contributed by atoms with Crippen molar-refractivity contribution < 1.29 is 19.0 Å². The van der Waals surface area contributed by atoms with Gasteiger partial charge in [-0.05, 0) is 36.8 Å². The summed E-state index contributed by atoms with van der Waals surface area (Å²) in [4.78, 5) is 13.9. The molecule has 1 aliphatic heterocycles. The Morgan fingerprint density at radius 3 is 2.62 bits per heavy atom. The van der Waals surface area contributed by atoms with E-state index < -0.39 is 0 Å². The second kappa shape index (κ2) is 9.97. The summed E-state index contributed by atoms with van der Waals surface area (Å²) in [6.07, 6.45) is 1.59. The van der Waals surface area contributed by atoms with E-state index in [1.807, 2.05) is 49.4 Å². The number of hydrogen-bond donors (Lipinski definition) is 0. The first kappa shape index (κ1) is 20.7. The van der Waals surface area contributed by atoms with Crippen LogP contribution in [0.2, 0.25) is 0 Å². The van der Waals surface area contributed by atoms with Crippen molar-refractivity contribution in [2.45, 2.75) is 13.5 Å². The van der Waals surface area contributed by atoms with Gasteiger partial charge in [0.05, 0.1) is 39.3 Å². The van der Waals surface area contributed by atoms with Crippen LogP contribution >= 0.6 is 11.8 Å². The Morgan fingerprint density at radius 2 is 1.93 bits per heavy atom. The van der Waals surface area contributed by atoms with Crippen molar-refractivity contribution in [1.82, 2.24) is 4.90 Å². The van der Waals surface area contributed by atoms with Crippen LogP contribution in [0.3, 0.4) is 0 Å². The maximum atomic E-state index is 12.3. The van der Waals surface area contributed by atoms with Crippen molar-refractivity contribution in [3.8, 4) is 17.2 Å². The molecule has 1 aliphatic rings. The fourth-order valence-electron chi connectivity index (χ4n) is 2.82. The highest BCUT2D eigenvalue weighted by Crippen LogP contribution is 2.29. The van der Waals surface area contributed by atoms with E-state index >= 15 is 0 Å². The molecule has 1 saturated heterocycles. The van der Waals surface area contributed by atoms with Crippen LogP contribution < -0.4 is 14.2 Å². The molecule has 0 N–H and O–H groups in total. The van der Waals surface area contributed by atoms with Crippen molar-refractivity contribution in [2.24, 2.45) is 10.2 Å². The summed E-state index contributed by atoms with van der Waals surface area (Å²) in [7, 11) is 3.16. The highest BCUT2D eigenvalue weighted by molar-refractivity contribution is 8.15. The molecule has 29 heavy (non-hydrogen) atoms. The van der Waals surface area contributed by atoms with Crippen LogP contribution in [0, 0.1) is 0 Å². The Kier molecular flexibility index (Phi) is 7.13. The van der Waals surface area contributed by atoms with E-state index in [1.165, 1.54) is 11.8 Å². The maximum absolute atomic E-state index is 12.3.